The van der Waals surface area contributed by atoms with Crippen molar-refractivity contribution in [3.8, 4) is 0 Å². The first-order chi connectivity index (χ1) is 8.92. The van der Waals surface area contributed by atoms with Gasteiger partial charge in [-0.15, -0.1) is 11.8 Å². The standard InChI is InChI=1S/C15H22N2S/c1-2-13-10-12(3-6-15(13)18-9-1)11-16-7-8-17-14-4-5-14/h3,6,10,14,16-17H,1-2,4-5,7-9,11H2. The molecule has 18 heavy (non-hydrogen) atoms. The largest absolute Gasteiger partial charge is 0.313 e. The van der Waals surface area contributed by atoms with Crippen LogP contribution in [0.25, 0.3) is 0 Å². The normalized spacial score (nSPS) is 18.7. The third kappa shape index (κ3) is 3.50. The first-order valence-corrected chi connectivity index (χ1v) is 8.09. The maximum atomic E-state index is 3.53. The molecule has 0 bridgehead atoms. The Bertz CT molecular complexity index is 401. The van der Waals surface area contributed by atoms with E-state index in [9.17, 15) is 0 Å². The predicted molar refractivity (Wildman–Crippen MR) is 78.2 cm³/mol. The highest BCUT2D eigenvalue weighted by atomic mass is 32.2. The molecule has 0 amide bonds. The lowest BCUT2D eigenvalue weighted by molar-refractivity contribution is 0.608. The maximum absolute atomic E-state index is 3.53. The summed E-state index contributed by atoms with van der Waals surface area (Å²) in [4.78, 5) is 1.50. The van der Waals surface area contributed by atoms with E-state index in [0.717, 1.165) is 25.7 Å². The second kappa shape index (κ2) is 6.09. The van der Waals surface area contributed by atoms with Crippen LogP contribution in [0.2, 0.25) is 0 Å². The topological polar surface area (TPSA) is 24.1 Å². The predicted octanol–water partition coefficient (Wildman–Crippen LogP) is 2.57. The van der Waals surface area contributed by atoms with Crippen molar-refractivity contribution in [1.82, 2.24) is 10.6 Å². The van der Waals surface area contributed by atoms with Crippen LogP contribution >= 0.6 is 11.8 Å². The van der Waals surface area contributed by atoms with Crippen molar-refractivity contribution in [1.29, 1.82) is 0 Å². The van der Waals surface area contributed by atoms with Crippen LogP contribution in [0, 0.1) is 0 Å². The maximum Gasteiger partial charge on any atom is 0.0206 e. The molecule has 0 radical (unpaired) electrons. The van der Waals surface area contributed by atoms with E-state index in [1.165, 1.54) is 41.9 Å². The Labute approximate surface area is 114 Å². The highest BCUT2D eigenvalue weighted by molar-refractivity contribution is 7.99. The lowest BCUT2D eigenvalue weighted by Crippen LogP contribution is -2.28. The minimum absolute atomic E-state index is 0.826. The molecule has 0 atom stereocenters. The van der Waals surface area contributed by atoms with Crippen LogP contribution in [0.4, 0.5) is 0 Å². The summed E-state index contributed by atoms with van der Waals surface area (Å²) in [7, 11) is 0. The molecule has 2 N–H and O–H groups in total. The molecular weight excluding hydrogens is 240 g/mol. The molecule has 1 aliphatic carbocycles. The fourth-order valence-corrected chi connectivity index (χ4v) is 3.43. The quantitative estimate of drug-likeness (QED) is 0.771. The molecule has 1 aliphatic heterocycles. The van der Waals surface area contributed by atoms with Crippen LogP contribution in [-0.4, -0.2) is 24.9 Å². The van der Waals surface area contributed by atoms with Crippen molar-refractivity contribution in [3.05, 3.63) is 29.3 Å². The smallest absolute Gasteiger partial charge is 0.0206 e. The number of benzene rings is 1. The average Bonchev–Trinajstić information content (AvgIpc) is 3.22. The molecule has 3 heteroatoms. The average molecular weight is 262 g/mol. The second-order valence-corrected chi connectivity index (χ2v) is 6.44. The summed E-state index contributed by atoms with van der Waals surface area (Å²) < 4.78 is 0. The molecule has 1 heterocycles. The van der Waals surface area contributed by atoms with E-state index in [1.807, 2.05) is 11.8 Å². The summed E-state index contributed by atoms with van der Waals surface area (Å²) in [6, 6.07) is 7.80. The molecule has 2 nitrogen and oxygen atoms in total. The molecule has 1 aromatic rings. The van der Waals surface area contributed by atoms with Gasteiger partial charge in [-0.1, -0.05) is 12.1 Å². The van der Waals surface area contributed by atoms with E-state index < -0.39 is 0 Å². The minimum atomic E-state index is 0.826. The van der Waals surface area contributed by atoms with Gasteiger partial charge in [0.25, 0.3) is 0 Å². The number of hydrogen-bond acceptors (Lipinski definition) is 3. The van der Waals surface area contributed by atoms with Gasteiger partial charge in [-0.05, 0) is 48.6 Å². The van der Waals surface area contributed by atoms with Crippen molar-refractivity contribution in [2.45, 2.75) is 43.2 Å². The fraction of sp³-hybridized carbons (Fsp3) is 0.600. The van der Waals surface area contributed by atoms with Gasteiger partial charge in [-0.2, -0.15) is 0 Å². The first kappa shape index (κ1) is 12.5. The Hall–Kier alpha value is -0.510. The van der Waals surface area contributed by atoms with Crippen molar-refractivity contribution in [2.24, 2.45) is 0 Å². The van der Waals surface area contributed by atoms with Gasteiger partial charge in [0.05, 0.1) is 0 Å². The fourth-order valence-electron chi connectivity index (χ4n) is 2.41. The van der Waals surface area contributed by atoms with Crippen molar-refractivity contribution >= 4 is 11.8 Å². The van der Waals surface area contributed by atoms with Crippen LogP contribution in [0.1, 0.15) is 30.4 Å². The minimum Gasteiger partial charge on any atom is -0.313 e. The van der Waals surface area contributed by atoms with Crippen LogP contribution in [-0.2, 0) is 13.0 Å². The van der Waals surface area contributed by atoms with Crippen molar-refractivity contribution < 1.29 is 0 Å². The molecule has 0 unspecified atom stereocenters. The molecule has 0 spiro atoms. The summed E-state index contributed by atoms with van der Waals surface area (Å²) in [6.45, 7) is 3.18. The van der Waals surface area contributed by atoms with E-state index >= 15 is 0 Å². The lowest BCUT2D eigenvalue weighted by atomic mass is 10.1. The first-order valence-electron chi connectivity index (χ1n) is 7.10. The molecule has 2 aliphatic rings. The number of hydrogen-bond donors (Lipinski definition) is 2. The summed E-state index contributed by atoms with van der Waals surface area (Å²) in [5, 5.41) is 7.05. The van der Waals surface area contributed by atoms with Crippen LogP contribution < -0.4 is 10.6 Å². The Morgan fingerprint density at radius 3 is 3.06 bits per heavy atom. The van der Waals surface area contributed by atoms with Gasteiger partial charge in [0.15, 0.2) is 0 Å². The summed E-state index contributed by atoms with van der Waals surface area (Å²) in [5.74, 6) is 1.29. The Morgan fingerprint density at radius 2 is 2.17 bits per heavy atom. The van der Waals surface area contributed by atoms with Gasteiger partial charge in [0, 0.05) is 30.6 Å². The van der Waals surface area contributed by atoms with Crippen molar-refractivity contribution in [3.63, 3.8) is 0 Å². The van der Waals surface area contributed by atoms with Gasteiger partial charge < -0.3 is 10.6 Å². The third-order valence-corrected chi connectivity index (χ3v) is 4.82. The lowest BCUT2D eigenvalue weighted by Gasteiger charge is -2.16. The van der Waals surface area contributed by atoms with Crippen molar-refractivity contribution in [2.75, 3.05) is 18.8 Å². The summed E-state index contributed by atoms with van der Waals surface area (Å²) in [5.41, 5.74) is 2.99. The van der Waals surface area contributed by atoms with E-state index in [0.29, 0.717) is 0 Å². The molecule has 1 saturated carbocycles. The Kier molecular flexibility index (Phi) is 4.24. The van der Waals surface area contributed by atoms with E-state index in [4.69, 9.17) is 0 Å². The number of fused-ring (bicyclic) bond motifs is 1. The Balaban J connectivity index is 1.43. The van der Waals surface area contributed by atoms with Gasteiger partial charge >= 0.3 is 0 Å². The highest BCUT2D eigenvalue weighted by Gasteiger charge is 2.19. The molecule has 98 valence electrons. The molecule has 0 saturated heterocycles. The van der Waals surface area contributed by atoms with E-state index in [1.54, 1.807) is 5.56 Å². The summed E-state index contributed by atoms with van der Waals surface area (Å²) >= 11 is 2.01. The monoisotopic (exact) mass is 262 g/mol. The number of thioether (sulfide) groups is 1. The summed E-state index contributed by atoms with van der Waals surface area (Å²) in [6.07, 6.45) is 5.35. The number of rotatable bonds is 6. The molecule has 3 rings (SSSR count). The van der Waals surface area contributed by atoms with Gasteiger partial charge in [-0.3, -0.25) is 0 Å². The van der Waals surface area contributed by atoms with E-state index in [-0.39, 0.29) is 0 Å². The van der Waals surface area contributed by atoms with Gasteiger partial charge in [0.1, 0.15) is 0 Å². The molecule has 0 aromatic heterocycles. The van der Waals surface area contributed by atoms with Gasteiger partial charge in [-0.25, -0.2) is 0 Å². The molecule has 1 fully saturated rings. The number of aryl methyl sites for hydroxylation is 1. The van der Waals surface area contributed by atoms with Gasteiger partial charge in [0.2, 0.25) is 0 Å². The third-order valence-electron chi connectivity index (χ3n) is 3.61. The zero-order valence-electron chi connectivity index (χ0n) is 10.9. The van der Waals surface area contributed by atoms with Crippen LogP contribution in [0.15, 0.2) is 23.1 Å². The highest BCUT2D eigenvalue weighted by Crippen LogP contribution is 2.30. The Morgan fingerprint density at radius 1 is 1.22 bits per heavy atom. The zero-order chi connectivity index (χ0) is 12.2. The SMILES string of the molecule is c1cc2c(cc1CNCCNC1CC1)CCCS2. The van der Waals surface area contributed by atoms with E-state index in [2.05, 4.69) is 28.8 Å². The molecular formula is C15H22N2S. The zero-order valence-corrected chi connectivity index (χ0v) is 11.7. The second-order valence-electron chi connectivity index (χ2n) is 5.30. The van der Waals surface area contributed by atoms with Crippen LogP contribution in [0.5, 0.6) is 0 Å². The van der Waals surface area contributed by atoms with Crippen LogP contribution in [0.3, 0.4) is 0 Å². The molecule has 1 aromatic carbocycles. The number of nitrogens with one attached hydrogen (secondary N) is 2.